The maximum Gasteiger partial charge on any atom is 0.0693 e. The molecule has 1 aliphatic carbocycles. The van der Waals surface area contributed by atoms with Gasteiger partial charge in [-0.25, -0.2) is 0 Å². The fourth-order valence-corrected chi connectivity index (χ4v) is 2.63. The Hall–Kier alpha value is -0.0800. The van der Waals surface area contributed by atoms with Crippen molar-refractivity contribution in [3.8, 4) is 0 Å². The molecule has 0 radical (unpaired) electrons. The minimum Gasteiger partial charge on any atom is -0.378 e. The first-order valence-electron chi connectivity index (χ1n) is 6.84. The summed E-state index contributed by atoms with van der Waals surface area (Å²) in [5.41, 5.74) is 0.214. The quantitative estimate of drug-likeness (QED) is 0.686. The second kappa shape index (κ2) is 6.61. The Balaban J connectivity index is 2.25. The molecule has 1 fully saturated rings. The lowest BCUT2D eigenvalue weighted by Gasteiger charge is -2.43. The number of nitrogens with one attached hydrogen (secondary N) is 1. The summed E-state index contributed by atoms with van der Waals surface area (Å²) in [4.78, 5) is 0. The van der Waals surface area contributed by atoms with Crippen LogP contribution in [0.3, 0.4) is 0 Å². The van der Waals surface area contributed by atoms with Crippen LogP contribution in [0.4, 0.5) is 0 Å². The molecule has 16 heavy (non-hydrogen) atoms. The molecule has 1 atom stereocenters. The maximum atomic E-state index is 5.69. The third kappa shape index (κ3) is 4.06. The van der Waals surface area contributed by atoms with Crippen LogP contribution < -0.4 is 5.32 Å². The van der Waals surface area contributed by atoms with Gasteiger partial charge in [-0.2, -0.15) is 0 Å². The number of methoxy groups -OCH3 is 1. The average molecular weight is 227 g/mol. The van der Waals surface area contributed by atoms with E-state index in [1.54, 1.807) is 0 Å². The minimum atomic E-state index is 0.214. The predicted molar refractivity (Wildman–Crippen MR) is 69.7 cm³/mol. The van der Waals surface area contributed by atoms with Gasteiger partial charge in [0, 0.05) is 13.2 Å². The Morgan fingerprint density at radius 2 is 1.94 bits per heavy atom. The summed E-state index contributed by atoms with van der Waals surface area (Å²) >= 11 is 0. The summed E-state index contributed by atoms with van der Waals surface area (Å²) in [5.74, 6) is 0.831. The summed E-state index contributed by atoms with van der Waals surface area (Å²) in [6.07, 6.45) is 9.02. The van der Waals surface area contributed by atoms with Crippen molar-refractivity contribution in [3.05, 3.63) is 0 Å². The third-order valence-corrected chi connectivity index (χ3v) is 4.06. The third-order valence-electron chi connectivity index (χ3n) is 4.06. The van der Waals surface area contributed by atoms with Crippen molar-refractivity contribution >= 4 is 0 Å². The highest BCUT2D eigenvalue weighted by atomic mass is 16.5. The smallest absolute Gasteiger partial charge is 0.0693 e. The van der Waals surface area contributed by atoms with Crippen LogP contribution in [0.5, 0.6) is 0 Å². The van der Waals surface area contributed by atoms with Gasteiger partial charge >= 0.3 is 0 Å². The first kappa shape index (κ1) is 14.0. The predicted octanol–water partition coefficient (Wildman–Crippen LogP) is 3.36. The molecule has 0 aromatic rings. The molecule has 0 aliphatic heterocycles. The van der Waals surface area contributed by atoms with E-state index < -0.39 is 0 Å². The van der Waals surface area contributed by atoms with Crippen molar-refractivity contribution in [3.63, 3.8) is 0 Å². The highest BCUT2D eigenvalue weighted by molar-refractivity contribution is 4.92. The molecule has 0 spiro atoms. The Morgan fingerprint density at radius 3 is 2.31 bits per heavy atom. The number of hydrogen-bond acceptors (Lipinski definition) is 2. The second-order valence-electron chi connectivity index (χ2n) is 5.76. The molecule has 96 valence electrons. The zero-order valence-corrected chi connectivity index (χ0v) is 11.5. The lowest BCUT2D eigenvalue weighted by atomic mass is 9.75. The van der Waals surface area contributed by atoms with E-state index in [1.807, 2.05) is 7.11 Å². The summed E-state index contributed by atoms with van der Waals surface area (Å²) in [7, 11) is 3.96. The van der Waals surface area contributed by atoms with Gasteiger partial charge in [-0.3, -0.25) is 0 Å². The van der Waals surface area contributed by atoms with Crippen LogP contribution in [0.1, 0.15) is 58.8 Å². The lowest BCUT2D eigenvalue weighted by Crippen LogP contribution is -2.45. The van der Waals surface area contributed by atoms with Crippen molar-refractivity contribution in [1.29, 1.82) is 0 Å². The van der Waals surface area contributed by atoms with Gasteiger partial charge in [0.25, 0.3) is 0 Å². The van der Waals surface area contributed by atoms with E-state index in [1.165, 1.54) is 44.9 Å². The van der Waals surface area contributed by atoms with E-state index in [2.05, 4.69) is 26.2 Å². The van der Waals surface area contributed by atoms with Crippen molar-refractivity contribution in [1.82, 2.24) is 5.32 Å². The van der Waals surface area contributed by atoms with E-state index in [0.29, 0.717) is 6.04 Å². The minimum absolute atomic E-state index is 0.214. The van der Waals surface area contributed by atoms with E-state index in [0.717, 1.165) is 5.92 Å². The molecule has 1 N–H and O–H groups in total. The largest absolute Gasteiger partial charge is 0.378 e. The van der Waals surface area contributed by atoms with Crippen molar-refractivity contribution in [2.24, 2.45) is 5.92 Å². The molecule has 1 rings (SSSR count). The summed E-state index contributed by atoms with van der Waals surface area (Å²) in [6, 6.07) is 0.638. The van der Waals surface area contributed by atoms with Gasteiger partial charge in [0.1, 0.15) is 0 Å². The number of ether oxygens (including phenoxy) is 1. The molecule has 1 saturated carbocycles. The Bertz CT molecular complexity index is 182. The van der Waals surface area contributed by atoms with Gasteiger partial charge in [0.2, 0.25) is 0 Å². The summed E-state index contributed by atoms with van der Waals surface area (Å²) in [5, 5.41) is 3.45. The number of hydrogen-bond donors (Lipinski definition) is 1. The fourth-order valence-electron chi connectivity index (χ4n) is 2.63. The van der Waals surface area contributed by atoms with Crippen molar-refractivity contribution < 1.29 is 4.74 Å². The van der Waals surface area contributed by atoms with E-state index in [-0.39, 0.29) is 5.60 Å². The van der Waals surface area contributed by atoms with Crippen LogP contribution in [0.15, 0.2) is 0 Å². The first-order chi connectivity index (χ1) is 7.62. The molecule has 0 saturated heterocycles. The SMILES string of the molecule is CNC(CCCC(C)C)CC1(OC)CCC1. The van der Waals surface area contributed by atoms with E-state index in [4.69, 9.17) is 4.74 Å². The Labute approximate surface area is 101 Å². The van der Waals surface area contributed by atoms with Gasteiger partial charge in [-0.15, -0.1) is 0 Å². The van der Waals surface area contributed by atoms with Crippen LogP contribution in [-0.2, 0) is 4.74 Å². The molecule has 0 heterocycles. The zero-order valence-electron chi connectivity index (χ0n) is 11.5. The normalized spacial score (nSPS) is 20.8. The second-order valence-corrected chi connectivity index (χ2v) is 5.76. The number of rotatable bonds is 8. The first-order valence-corrected chi connectivity index (χ1v) is 6.84. The summed E-state index contributed by atoms with van der Waals surface area (Å²) < 4.78 is 5.69. The fraction of sp³-hybridized carbons (Fsp3) is 1.00. The van der Waals surface area contributed by atoms with Gasteiger partial charge in [-0.1, -0.05) is 26.7 Å². The van der Waals surface area contributed by atoms with Gasteiger partial charge < -0.3 is 10.1 Å². The van der Waals surface area contributed by atoms with Crippen molar-refractivity contribution in [2.45, 2.75) is 70.4 Å². The Morgan fingerprint density at radius 1 is 1.25 bits per heavy atom. The van der Waals surface area contributed by atoms with Crippen LogP contribution in [0, 0.1) is 5.92 Å². The molecular weight excluding hydrogens is 198 g/mol. The molecule has 2 nitrogen and oxygen atoms in total. The molecule has 0 bridgehead atoms. The summed E-state index contributed by atoms with van der Waals surface area (Å²) in [6.45, 7) is 4.61. The van der Waals surface area contributed by atoms with Gasteiger partial charge in [0.05, 0.1) is 5.60 Å². The standard InChI is InChI=1S/C14H29NO/c1-12(2)7-5-8-13(15-3)11-14(16-4)9-6-10-14/h12-13,15H,5-11H2,1-4H3. The van der Waals surface area contributed by atoms with Crippen LogP contribution in [0.25, 0.3) is 0 Å². The van der Waals surface area contributed by atoms with Gasteiger partial charge in [-0.05, 0) is 45.1 Å². The average Bonchev–Trinajstić information content (AvgIpc) is 2.20. The molecule has 2 heteroatoms. The van der Waals surface area contributed by atoms with Crippen LogP contribution in [-0.4, -0.2) is 25.8 Å². The van der Waals surface area contributed by atoms with Crippen molar-refractivity contribution in [2.75, 3.05) is 14.2 Å². The zero-order chi connectivity index (χ0) is 12.0. The van der Waals surface area contributed by atoms with Crippen LogP contribution >= 0.6 is 0 Å². The molecule has 1 unspecified atom stereocenters. The topological polar surface area (TPSA) is 21.3 Å². The monoisotopic (exact) mass is 227 g/mol. The molecule has 0 aromatic carbocycles. The molecular formula is C14H29NO. The van der Waals surface area contributed by atoms with E-state index >= 15 is 0 Å². The van der Waals surface area contributed by atoms with E-state index in [9.17, 15) is 0 Å². The highest BCUT2D eigenvalue weighted by Crippen LogP contribution is 2.39. The van der Waals surface area contributed by atoms with Crippen LogP contribution in [0.2, 0.25) is 0 Å². The Kier molecular flexibility index (Phi) is 5.77. The lowest BCUT2D eigenvalue weighted by molar-refractivity contribution is -0.0836. The molecule has 0 amide bonds. The molecule has 1 aliphatic rings. The maximum absolute atomic E-state index is 5.69. The highest BCUT2D eigenvalue weighted by Gasteiger charge is 2.38. The molecule has 0 aromatic heterocycles. The van der Waals surface area contributed by atoms with Gasteiger partial charge in [0.15, 0.2) is 0 Å².